The van der Waals surface area contributed by atoms with E-state index in [-0.39, 0.29) is 24.9 Å². The molecule has 1 fully saturated rings. The second kappa shape index (κ2) is 9.87. The van der Waals surface area contributed by atoms with Crippen molar-refractivity contribution in [3.63, 3.8) is 0 Å². The quantitative estimate of drug-likeness (QED) is 0.490. The lowest BCUT2D eigenvalue weighted by Gasteiger charge is -2.22. The van der Waals surface area contributed by atoms with Gasteiger partial charge in [0, 0.05) is 5.92 Å². The highest BCUT2D eigenvalue weighted by Gasteiger charge is 2.46. The first-order valence-electron chi connectivity index (χ1n) is 11.1. The van der Waals surface area contributed by atoms with Crippen LogP contribution in [0.2, 0.25) is 0 Å². The van der Waals surface area contributed by atoms with Crippen LogP contribution in [0.25, 0.3) is 11.1 Å². The zero-order valence-electron chi connectivity index (χ0n) is 18.5. The minimum Gasteiger partial charge on any atom is -0.481 e. The topological polar surface area (TPSA) is 105 Å². The third-order valence-corrected chi connectivity index (χ3v) is 6.94. The predicted molar refractivity (Wildman–Crippen MR) is 127 cm³/mol. The lowest BCUT2D eigenvalue weighted by Crippen LogP contribution is -2.51. The van der Waals surface area contributed by atoms with Crippen LogP contribution in [0, 0.1) is 0 Å². The van der Waals surface area contributed by atoms with Gasteiger partial charge < -0.3 is 20.5 Å². The summed E-state index contributed by atoms with van der Waals surface area (Å²) in [7, 11) is 0. The molecule has 0 unspecified atom stereocenters. The van der Waals surface area contributed by atoms with Crippen molar-refractivity contribution in [3.05, 3.63) is 59.7 Å². The highest BCUT2D eigenvalue weighted by molar-refractivity contribution is 7.98. The van der Waals surface area contributed by atoms with Crippen LogP contribution in [-0.4, -0.2) is 53.3 Å². The van der Waals surface area contributed by atoms with Gasteiger partial charge in [0.15, 0.2) is 0 Å². The molecule has 2 aliphatic carbocycles. The Hall–Kier alpha value is -3.00. The summed E-state index contributed by atoms with van der Waals surface area (Å²) in [6.45, 7) is 0.166. The number of amides is 2. The van der Waals surface area contributed by atoms with Crippen LogP contribution in [-0.2, 0) is 14.3 Å². The molecule has 2 aromatic rings. The maximum atomic E-state index is 12.8. The number of hydrogen-bond acceptors (Lipinski definition) is 5. The zero-order valence-corrected chi connectivity index (χ0v) is 19.3. The first-order valence-corrected chi connectivity index (χ1v) is 12.5. The van der Waals surface area contributed by atoms with Gasteiger partial charge in [-0.2, -0.15) is 11.8 Å². The highest BCUT2D eigenvalue weighted by atomic mass is 32.2. The Morgan fingerprint density at radius 2 is 1.70 bits per heavy atom. The fraction of sp³-hybridized carbons (Fsp3) is 0.400. The van der Waals surface area contributed by atoms with E-state index in [1.165, 1.54) is 0 Å². The monoisotopic (exact) mass is 468 g/mol. The number of carbonyl (C=O) groups excluding carboxylic acids is 2. The molecule has 7 nitrogen and oxygen atoms in total. The zero-order chi connectivity index (χ0) is 23.4. The van der Waals surface area contributed by atoms with E-state index in [1.54, 1.807) is 11.8 Å². The van der Waals surface area contributed by atoms with E-state index >= 15 is 0 Å². The molecule has 2 amide bonds. The van der Waals surface area contributed by atoms with Gasteiger partial charge in [0.2, 0.25) is 5.91 Å². The summed E-state index contributed by atoms with van der Waals surface area (Å²) < 4.78 is 5.58. The normalized spacial score (nSPS) is 16.3. The Kier molecular flexibility index (Phi) is 6.93. The SMILES string of the molecule is CSCC[C@H](NC(=O)OCC1c2ccccc2-c2ccccc21)C(=O)NC1(CC(=O)O)CC1. The predicted octanol–water partition coefficient (Wildman–Crippen LogP) is 3.77. The molecule has 4 rings (SSSR count). The van der Waals surface area contributed by atoms with Crippen molar-refractivity contribution < 1.29 is 24.2 Å². The molecule has 0 spiro atoms. The number of hydrogen-bond donors (Lipinski definition) is 3. The van der Waals surface area contributed by atoms with Gasteiger partial charge in [-0.25, -0.2) is 4.79 Å². The molecule has 0 saturated heterocycles. The molecule has 174 valence electrons. The summed E-state index contributed by atoms with van der Waals surface area (Å²) in [5.74, 6) is -0.700. The Labute approximate surface area is 197 Å². The summed E-state index contributed by atoms with van der Waals surface area (Å²) in [5.41, 5.74) is 3.84. The summed E-state index contributed by atoms with van der Waals surface area (Å²) in [4.78, 5) is 36.6. The third kappa shape index (κ3) is 5.33. The largest absolute Gasteiger partial charge is 0.481 e. The van der Waals surface area contributed by atoms with E-state index in [4.69, 9.17) is 9.84 Å². The maximum absolute atomic E-state index is 12.8. The van der Waals surface area contributed by atoms with Crippen LogP contribution in [0.15, 0.2) is 48.5 Å². The molecule has 3 N–H and O–H groups in total. The molecule has 0 radical (unpaired) electrons. The van der Waals surface area contributed by atoms with Crippen LogP contribution in [0.3, 0.4) is 0 Å². The number of ether oxygens (including phenoxy) is 1. The van der Waals surface area contributed by atoms with Crippen molar-refractivity contribution in [2.45, 2.75) is 43.2 Å². The van der Waals surface area contributed by atoms with Gasteiger partial charge in [0.1, 0.15) is 12.6 Å². The van der Waals surface area contributed by atoms with E-state index in [0.29, 0.717) is 25.0 Å². The van der Waals surface area contributed by atoms with E-state index in [1.807, 2.05) is 42.7 Å². The van der Waals surface area contributed by atoms with Crippen LogP contribution >= 0.6 is 11.8 Å². The van der Waals surface area contributed by atoms with E-state index in [0.717, 1.165) is 22.3 Å². The number of carboxylic acid groups (broad SMARTS) is 1. The summed E-state index contributed by atoms with van der Waals surface area (Å²) in [6, 6.07) is 15.4. The van der Waals surface area contributed by atoms with Crippen molar-refractivity contribution in [1.82, 2.24) is 10.6 Å². The number of nitrogens with one attached hydrogen (secondary N) is 2. The van der Waals surface area contributed by atoms with Gasteiger partial charge in [-0.15, -0.1) is 0 Å². The number of carboxylic acids is 1. The Balaban J connectivity index is 1.39. The van der Waals surface area contributed by atoms with E-state index in [9.17, 15) is 14.4 Å². The van der Waals surface area contributed by atoms with Gasteiger partial charge in [-0.1, -0.05) is 48.5 Å². The van der Waals surface area contributed by atoms with Crippen molar-refractivity contribution in [2.75, 3.05) is 18.6 Å². The lowest BCUT2D eigenvalue weighted by atomic mass is 9.98. The molecule has 0 aliphatic heterocycles. The van der Waals surface area contributed by atoms with Crippen molar-refractivity contribution >= 4 is 29.7 Å². The van der Waals surface area contributed by atoms with Crippen molar-refractivity contribution in [3.8, 4) is 11.1 Å². The molecule has 0 bridgehead atoms. The number of rotatable bonds is 10. The molecule has 1 saturated carbocycles. The summed E-state index contributed by atoms with van der Waals surface area (Å²) in [6.07, 6.45) is 2.85. The standard InChI is InChI=1S/C25H28N2O5S/c1-33-13-10-21(23(30)27-25(11-12-25)14-22(28)29)26-24(31)32-15-20-18-8-4-2-6-16(18)17-7-3-5-9-19(17)20/h2-9,20-21H,10-15H2,1H3,(H,26,31)(H,27,30)(H,28,29)/t21-/m0/s1. The van der Waals surface area contributed by atoms with E-state index < -0.39 is 23.6 Å². The van der Waals surface area contributed by atoms with Crippen LogP contribution in [0.4, 0.5) is 4.79 Å². The molecule has 0 aromatic heterocycles. The van der Waals surface area contributed by atoms with E-state index in [2.05, 4.69) is 22.8 Å². The number of thioether (sulfide) groups is 1. The van der Waals surface area contributed by atoms with Gasteiger partial charge in [0.05, 0.1) is 12.0 Å². The molecule has 1 atom stereocenters. The number of alkyl carbamates (subject to hydrolysis) is 1. The number of benzene rings is 2. The fourth-order valence-electron chi connectivity index (χ4n) is 4.42. The maximum Gasteiger partial charge on any atom is 0.407 e. The summed E-state index contributed by atoms with van der Waals surface area (Å²) in [5, 5.41) is 14.6. The molecule has 2 aromatic carbocycles. The van der Waals surface area contributed by atoms with Gasteiger partial charge >= 0.3 is 12.1 Å². The Morgan fingerprint density at radius 1 is 1.09 bits per heavy atom. The first-order chi connectivity index (χ1) is 15.9. The Morgan fingerprint density at radius 3 is 2.24 bits per heavy atom. The highest BCUT2D eigenvalue weighted by Crippen LogP contribution is 2.44. The second-order valence-corrected chi connectivity index (χ2v) is 9.63. The smallest absolute Gasteiger partial charge is 0.407 e. The molecular formula is C25H28N2O5S. The van der Waals surface area contributed by atoms with Crippen molar-refractivity contribution in [2.24, 2.45) is 0 Å². The lowest BCUT2D eigenvalue weighted by molar-refractivity contribution is -0.138. The number of carbonyl (C=O) groups is 3. The summed E-state index contributed by atoms with van der Waals surface area (Å²) >= 11 is 1.57. The first kappa shape index (κ1) is 23.2. The van der Waals surface area contributed by atoms with Gasteiger partial charge in [-0.3, -0.25) is 9.59 Å². The molecular weight excluding hydrogens is 440 g/mol. The van der Waals surface area contributed by atoms with Crippen LogP contribution in [0.5, 0.6) is 0 Å². The van der Waals surface area contributed by atoms with Gasteiger partial charge in [0.25, 0.3) is 0 Å². The second-order valence-electron chi connectivity index (χ2n) is 8.64. The minimum absolute atomic E-state index is 0.0630. The van der Waals surface area contributed by atoms with Crippen LogP contribution < -0.4 is 10.6 Å². The minimum atomic E-state index is -0.946. The molecule has 33 heavy (non-hydrogen) atoms. The average molecular weight is 469 g/mol. The number of fused-ring (bicyclic) bond motifs is 3. The third-order valence-electron chi connectivity index (χ3n) is 6.29. The number of aliphatic carboxylic acids is 1. The Bertz CT molecular complexity index is 1010. The van der Waals surface area contributed by atoms with Crippen molar-refractivity contribution in [1.29, 1.82) is 0 Å². The van der Waals surface area contributed by atoms with Crippen LogP contribution in [0.1, 0.15) is 42.7 Å². The molecule has 2 aliphatic rings. The van der Waals surface area contributed by atoms with Gasteiger partial charge in [-0.05, 0) is 53.5 Å². The molecule has 0 heterocycles. The average Bonchev–Trinajstić information content (AvgIpc) is 3.46. The fourth-order valence-corrected chi connectivity index (χ4v) is 4.89. The molecule has 8 heteroatoms.